The normalized spacial score (nSPS) is 10.5. The fourth-order valence-corrected chi connectivity index (χ4v) is 2.71. The Labute approximate surface area is 155 Å². The van der Waals surface area contributed by atoms with Crippen molar-refractivity contribution in [2.75, 3.05) is 5.32 Å². The number of carbonyl (C=O) groups is 1. The molecule has 0 saturated carbocycles. The van der Waals surface area contributed by atoms with Gasteiger partial charge in [-0.25, -0.2) is 0 Å². The van der Waals surface area contributed by atoms with Crippen LogP contribution in [0.3, 0.4) is 0 Å². The predicted molar refractivity (Wildman–Crippen MR) is 102 cm³/mol. The molecule has 4 rings (SSSR count). The Hall–Kier alpha value is -3.80. The van der Waals surface area contributed by atoms with Crippen molar-refractivity contribution in [1.82, 2.24) is 15.1 Å². The molecule has 0 bridgehead atoms. The maximum Gasteiger partial charge on any atom is 0.260 e. The molecule has 0 aliphatic carbocycles. The highest BCUT2D eigenvalue weighted by atomic mass is 16.5. The van der Waals surface area contributed by atoms with Gasteiger partial charge in [-0.05, 0) is 29.8 Å². The highest BCUT2D eigenvalue weighted by Gasteiger charge is 2.15. The lowest BCUT2D eigenvalue weighted by Crippen LogP contribution is -2.14. The van der Waals surface area contributed by atoms with Crippen molar-refractivity contribution in [3.8, 4) is 22.8 Å². The van der Waals surface area contributed by atoms with E-state index in [-0.39, 0.29) is 5.91 Å². The van der Waals surface area contributed by atoms with E-state index >= 15 is 0 Å². The molecule has 1 N–H and O–H groups in total. The van der Waals surface area contributed by atoms with Crippen LogP contribution < -0.4 is 5.32 Å². The molecule has 0 saturated heterocycles. The number of nitrogens with zero attached hydrogens (tertiary/aromatic N) is 3. The number of aromatic nitrogens is 3. The average Bonchev–Trinajstić information content (AvgIpc) is 3.20. The lowest BCUT2D eigenvalue weighted by molar-refractivity contribution is -0.115. The number of rotatable bonds is 5. The largest absolute Gasteiger partial charge is 0.334 e. The van der Waals surface area contributed by atoms with Gasteiger partial charge < -0.3 is 9.84 Å². The van der Waals surface area contributed by atoms with Crippen LogP contribution in [-0.2, 0) is 11.2 Å². The summed E-state index contributed by atoms with van der Waals surface area (Å²) >= 11 is 0. The fourth-order valence-electron chi connectivity index (χ4n) is 2.71. The summed E-state index contributed by atoms with van der Waals surface area (Å²) in [5.41, 5.74) is 3.06. The number of anilines is 1. The van der Waals surface area contributed by atoms with Crippen LogP contribution in [0.4, 0.5) is 5.69 Å². The summed E-state index contributed by atoms with van der Waals surface area (Å²) in [6.07, 6.45) is 3.63. The van der Waals surface area contributed by atoms with E-state index in [2.05, 4.69) is 20.4 Å². The summed E-state index contributed by atoms with van der Waals surface area (Å²) in [4.78, 5) is 20.8. The minimum Gasteiger partial charge on any atom is -0.334 e. The standard InChI is InChI=1S/C21H16N4O2/c26-19(14-15-6-2-1-3-7-15)23-18-9-5-4-8-17(18)21-24-20(25-27-21)16-10-12-22-13-11-16/h1-13H,14H2,(H,23,26). The Morgan fingerprint density at radius 1 is 0.926 bits per heavy atom. The number of hydrogen-bond acceptors (Lipinski definition) is 5. The lowest BCUT2D eigenvalue weighted by atomic mass is 10.1. The molecule has 2 aromatic heterocycles. The van der Waals surface area contributed by atoms with Gasteiger partial charge in [0.25, 0.3) is 5.89 Å². The van der Waals surface area contributed by atoms with E-state index in [1.807, 2.05) is 66.7 Å². The summed E-state index contributed by atoms with van der Waals surface area (Å²) in [5, 5.41) is 6.95. The molecule has 0 unspecified atom stereocenters. The van der Waals surface area contributed by atoms with Crippen LogP contribution >= 0.6 is 0 Å². The van der Waals surface area contributed by atoms with E-state index in [1.54, 1.807) is 12.4 Å². The molecule has 0 fully saturated rings. The maximum atomic E-state index is 12.4. The molecule has 6 nitrogen and oxygen atoms in total. The summed E-state index contributed by atoms with van der Waals surface area (Å²) in [7, 11) is 0. The third-order valence-corrected chi connectivity index (χ3v) is 4.00. The monoisotopic (exact) mass is 356 g/mol. The number of amides is 1. The molecule has 0 radical (unpaired) electrons. The highest BCUT2D eigenvalue weighted by molar-refractivity contribution is 5.95. The molecule has 0 spiro atoms. The number of carbonyl (C=O) groups excluding carboxylic acids is 1. The summed E-state index contributed by atoms with van der Waals surface area (Å²) in [5.74, 6) is 0.706. The van der Waals surface area contributed by atoms with Crippen LogP contribution in [0.5, 0.6) is 0 Å². The first-order chi connectivity index (χ1) is 13.3. The van der Waals surface area contributed by atoms with E-state index in [9.17, 15) is 4.79 Å². The van der Waals surface area contributed by atoms with Crippen LogP contribution in [0.15, 0.2) is 83.6 Å². The van der Waals surface area contributed by atoms with Gasteiger partial charge >= 0.3 is 0 Å². The van der Waals surface area contributed by atoms with Crippen LogP contribution in [0.25, 0.3) is 22.8 Å². The number of nitrogens with one attached hydrogen (secondary N) is 1. The van der Waals surface area contributed by atoms with Gasteiger partial charge in [-0.2, -0.15) is 4.98 Å². The molecule has 132 valence electrons. The number of benzene rings is 2. The molecule has 4 aromatic rings. The van der Waals surface area contributed by atoms with E-state index < -0.39 is 0 Å². The van der Waals surface area contributed by atoms with Gasteiger partial charge in [-0.1, -0.05) is 47.6 Å². The molecular weight excluding hydrogens is 340 g/mol. The Morgan fingerprint density at radius 3 is 2.48 bits per heavy atom. The minimum absolute atomic E-state index is 0.109. The van der Waals surface area contributed by atoms with E-state index in [4.69, 9.17) is 4.52 Å². The molecule has 6 heteroatoms. The summed E-state index contributed by atoms with van der Waals surface area (Å²) in [6, 6.07) is 20.6. The topological polar surface area (TPSA) is 80.9 Å². The Balaban J connectivity index is 1.57. The zero-order chi connectivity index (χ0) is 18.5. The van der Waals surface area contributed by atoms with Crippen LogP contribution in [0, 0.1) is 0 Å². The van der Waals surface area contributed by atoms with E-state index in [0.717, 1.165) is 11.1 Å². The summed E-state index contributed by atoms with van der Waals surface area (Å²) in [6.45, 7) is 0. The van der Waals surface area contributed by atoms with Crippen LogP contribution in [0.2, 0.25) is 0 Å². The first kappa shape index (κ1) is 16.7. The number of hydrogen-bond donors (Lipinski definition) is 1. The van der Waals surface area contributed by atoms with Crippen molar-refractivity contribution >= 4 is 11.6 Å². The average molecular weight is 356 g/mol. The Kier molecular flexibility index (Phi) is 4.70. The van der Waals surface area contributed by atoms with Crippen LogP contribution in [-0.4, -0.2) is 21.0 Å². The van der Waals surface area contributed by atoms with Crippen molar-refractivity contribution in [2.24, 2.45) is 0 Å². The zero-order valence-corrected chi connectivity index (χ0v) is 14.4. The van der Waals surface area contributed by atoms with E-state index in [0.29, 0.717) is 29.4 Å². The SMILES string of the molecule is O=C(Cc1ccccc1)Nc1ccccc1-c1nc(-c2ccncc2)no1. The van der Waals surface area contributed by atoms with Gasteiger partial charge in [0.15, 0.2) is 0 Å². The molecule has 1 amide bonds. The molecule has 2 aromatic carbocycles. The minimum atomic E-state index is -0.109. The lowest BCUT2D eigenvalue weighted by Gasteiger charge is -2.08. The van der Waals surface area contributed by atoms with Crippen molar-refractivity contribution < 1.29 is 9.32 Å². The third-order valence-electron chi connectivity index (χ3n) is 4.00. The molecule has 0 atom stereocenters. The van der Waals surface area contributed by atoms with Gasteiger partial charge in [0.1, 0.15) is 0 Å². The quantitative estimate of drug-likeness (QED) is 0.585. The van der Waals surface area contributed by atoms with Gasteiger partial charge in [0, 0.05) is 18.0 Å². The summed E-state index contributed by atoms with van der Waals surface area (Å²) < 4.78 is 5.41. The van der Waals surface area contributed by atoms with Gasteiger partial charge in [0.2, 0.25) is 11.7 Å². The second-order valence-corrected chi connectivity index (χ2v) is 5.92. The first-order valence-corrected chi connectivity index (χ1v) is 8.47. The zero-order valence-electron chi connectivity index (χ0n) is 14.4. The number of para-hydroxylation sites is 1. The first-order valence-electron chi connectivity index (χ1n) is 8.47. The molecular formula is C21H16N4O2. The van der Waals surface area contributed by atoms with Crippen molar-refractivity contribution in [3.05, 3.63) is 84.7 Å². The molecule has 0 aliphatic heterocycles. The second kappa shape index (κ2) is 7.61. The smallest absolute Gasteiger partial charge is 0.260 e. The van der Waals surface area contributed by atoms with Gasteiger partial charge in [-0.15, -0.1) is 0 Å². The Bertz CT molecular complexity index is 1050. The maximum absolute atomic E-state index is 12.4. The van der Waals surface area contributed by atoms with Crippen molar-refractivity contribution in [2.45, 2.75) is 6.42 Å². The van der Waals surface area contributed by atoms with Crippen molar-refractivity contribution in [3.63, 3.8) is 0 Å². The second-order valence-electron chi connectivity index (χ2n) is 5.92. The third kappa shape index (κ3) is 3.90. The number of pyridine rings is 1. The highest BCUT2D eigenvalue weighted by Crippen LogP contribution is 2.28. The van der Waals surface area contributed by atoms with Crippen LogP contribution in [0.1, 0.15) is 5.56 Å². The van der Waals surface area contributed by atoms with Gasteiger partial charge in [0.05, 0.1) is 17.7 Å². The Morgan fingerprint density at radius 2 is 1.67 bits per heavy atom. The fraction of sp³-hybridized carbons (Fsp3) is 0.0476. The predicted octanol–water partition coefficient (Wildman–Crippen LogP) is 3.98. The molecule has 27 heavy (non-hydrogen) atoms. The van der Waals surface area contributed by atoms with E-state index in [1.165, 1.54) is 0 Å². The van der Waals surface area contributed by atoms with Crippen molar-refractivity contribution in [1.29, 1.82) is 0 Å². The molecule has 2 heterocycles. The van der Waals surface area contributed by atoms with Gasteiger partial charge in [-0.3, -0.25) is 9.78 Å². The molecule has 0 aliphatic rings.